The van der Waals surface area contributed by atoms with Gasteiger partial charge in [-0.1, -0.05) is 13.8 Å². The van der Waals surface area contributed by atoms with Crippen LogP contribution in [0.4, 0.5) is 0 Å². The van der Waals surface area contributed by atoms with E-state index in [-0.39, 0.29) is 11.7 Å². The van der Waals surface area contributed by atoms with Crippen LogP contribution in [-0.2, 0) is 4.74 Å². The normalized spacial score (nSPS) is 31.4. The predicted octanol–water partition coefficient (Wildman–Crippen LogP) is 0.00272. The number of benzene rings is 1. The van der Waals surface area contributed by atoms with E-state index >= 15 is 0 Å². The summed E-state index contributed by atoms with van der Waals surface area (Å²) in [6.07, 6.45) is -6.66. The maximum Gasteiger partial charge on any atom is 0.229 e. The highest BCUT2D eigenvalue weighted by Gasteiger charge is 2.44. The topological polar surface area (TPSA) is 120 Å². The molecule has 0 saturated carbocycles. The first-order valence-electron chi connectivity index (χ1n) is 7.57. The molecule has 0 aliphatic carbocycles. The SMILES string of the molecule is Cc1cc(O)c(C(C)C)cc1O[C@H]1O[C@H](CO)[C@@H](O)[C@H](O)[C@H]1O. The molecule has 0 aromatic heterocycles. The van der Waals surface area contributed by atoms with Crippen LogP contribution in [0.15, 0.2) is 12.1 Å². The zero-order chi connectivity index (χ0) is 17.3. The Balaban J connectivity index is 2.25. The second-order valence-corrected chi connectivity index (χ2v) is 6.15. The van der Waals surface area contributed by atoms with Crippen molar-refractivity contribution in [2.24, 2.45) is 0 Å². The van der Waals surface area contributed by atoms with Gasteiger partial charge in [0.05, 0.1) is 6.61 Å². The van der Waals surface area contributed by atoms with Gasteiger partial charge in [-0.25, -0.2) is 0 Å². The first-order valence-corrected chi connectivity index (χ1v) is 7.57. The smallest absolute Gasteiger partial charge is 0.229 e. The van der Waals surface area contributed by atoms with E-state index < -0.39 is 37.3 Å². The maximum absolute atomic E-state index is 10.0. The number of ether oxygens (including phenoxy) is 2. The van der Waals surface area contributed by atoms with Crippen molar-refractivity contribution >= 4 is 0 Å². The predicted molar refractivity (Wildman–Crippen MR) is 81.3 cm³/mol. The number of rotatable bonds is 4. The van der Waals surface area contributed by atoms with Crippen molar-refractivity contribution in [1.29, 1.82) is 0 Å². The van der Waals surface area contributed by atoms with Crippen LogP contribution >= 0.6 is 0 Å². The van der Waals surface area contributed by atoms with Gasteiger partial charge in [0.1, 0.15) is 35.9 Å². The number of hydrogen-bond acceptors (Lipinski definition) is 7. The quantitative estimate of drug-likeness (QED) is 0.528. The largest absolute Gasteiger partial charge is 0.508 e. The van der Waals surface area contributed by atoms with Crippen LogP contribution in [0.3, 0.4) is 0 Å². The Bertz CT molecular complexity index is 543. The molecular weight excluding hydrogens is 304 g/mol. The molecule has 5 atom stereocenters. The average molecular weight is 328 g/mol. The van der Waals surface area contributed by atoms with E-state index in [2.05, 4.69) is 0 Å². The highest BCUT2D eigenvalue weighted by Crippen LogP contribution is 2.34. The molecule has 1 aliphatic rings. The molecule has 23 heavy (non-hydrogen) atoms. The molecule has 1 fully saturated rings. The fourth-order valence-electron chi connectivity index (χ4n) is 2.57. The van der Waals surface area contributed by atoms with E-state index in [1.54, 1.807) is 19.1 Å². The Kier molecular flexibility index (Phi) is 5.49. The van der Waals surface area contributed by atoms with Gasteiger partial charge in [-0.05, 0) is 30.5 Å². The van der Waals surface area contributed by atoms with E-state index in [1.807, 2.05) is 13.8 Å². The van der Waals surface area contributed by atoms with Gasteiger partial charge in [-0.3, -0.25) is 0 Å². The van der Waals surface area contributed by atoms with Gasteiger partial charge in [0.15, 0.2) is 0 Å². The summed E-state index contributed by atoms with van der Waals surface area (Å²) in [5.74, 6) is 0.599. The summed E-state index contributed by atoms with van der Waals surface area (Å²) >= 11 is 0. The van der Waals surface area contributed by atoms with Crippen molar-refractivity contribution in [3.8, 4) is 11.5 Å². The lowest BCUT2D eigenvalue weighted by Crippen LogP contribution is -2.60. The van der Waals surface area contributed by atoms with Crippen molar-refractivity contribution in [2.75, 3.05) is 6.61 Å². The van der Waals surface area contributed by atoms with Gasteiger partial charge in [-0.2, -0.15) is 0 Å². The molecule has 2 rings (SSSR count). The molecule has 0 amide bonds. The second-order valence-electron chi connectivity index (χ2n) is 6.15. The Morgan fingerprint density at radius 3 is 2.35 bits per heavy atom. The molecule has 1 saturated heterocycles. The van der Waals surface area contributed by atoms with Gasteiger partial charge >= 0.3 is 0 Å². The monoisotopic (exact) mass is 328 g/mol. The number of hydrogen-bond donors (Lipinski definition) is 5. The van der Waals surface area contributed by atoms with Crippen molar-refractivity contribution in [1.82, 2.24) is 0 Å². The molecule has 5 N–H and O–H groups in total. The average Bonchev–Trinajstić information content (AvgIpc) is 2.49. The molecule has 7 heteroatoms. The molecule has 1 heterocycles. The minimum Gasteiger partial charge on any atom is -0.508 e. The molecule has 0 spiro atoms. The van der Waals surface area contributed by atoms with E-state index in [1.165, 1.54) is 0 Å². The minimum absolute atomic E-state index is 0.0627. The Morgan fingerprint density at radius 2 is 1.78 bits per heavy atom. The van der Waals surface area contributed by atoms with Gasteiger partial charge in [0.25, 0.3) is 0 Å². The summed E-state index contributed by atoms with van der Waals surface area (Å²) in [5, 5.41) is 48.7. The van der Waals surface area contributed by atoms with E-state index in [4.69, 9.17) is 9.47 Å². The molecule has 0 bridgehead atoms. The summed E-state index contributed by atoms with van der Waals surface area (Å²) in [7, 11) is 0. The number of phenols is 1. The Hall–Kier alpha value is -1.38. The number of aromatic hydroxyl groups is 1. The zero-order valence-corrected chi connectivity index (χ0v) is 13.4. The number of aliphatic hydroxyl groups excluding tert-OH is 4. The molecule has 7 nitrogen and oxygen atoms in total. The van der Waals surface area contributed by atoms with Gasteiger partial charge in [0.2, 0.25) is 6.29 Å². The van der Waals surface area contributed by atoms with Crippen LogP contribution in [0, 0.1) is 6.92 Å². The van der Waals surface area contributed by atoms with Crippen molar-refractivity contribution < 1.29 is 35.0 Å². The van der Waals surface area contributed by atoms with Gasteiger partial charge < -0.3 is 35.0 Å². The van der Waals surface area contributed by atoms with Crippen LogP contribution < -0.4 is 4.74 Å². The summed E-state index contributed by atoms with van der Waals surface area (Å²) in [5.41, 5.74) is 1.30. The lowest BCUT2D eigenvalue weighted by molar-refractivity contribution is -0.277. The fourth-order valence-corrected chi connectivity index (χ4v) is 2.57. The van der Waals surface area contributed by atoms with Crippen molar-refractivity contribution in [3.63, 3.8) is 0 Å². The zero-order valence-electron chi connectivity index (χ0n) is 13.4. The molecule has 1 aromatic rings. The third-order valence-electron chi connectivity index (χ3n) is 4.04. The standard InChI is InChI=1S/C16H24O7/c1-7(2)9-5-11(8(3)4-10(9)18)22-16-15(21)14(20)13(19)12(6-17)23-16/h4-5,7,12-21H,6H2,1-3H3/t12-,13-,14+,15-,16+/m1/s1. The second kappa shape index (κ2) is 7.02. The van der Waals surface area contributed by atoms with Gasteiger partial charge in [-0.15, -0.1) is 0 Å². The molecule has 1 aromatic carbocycles. The third kappa shape index (κ3) is 3.59. The number of aliphatic hydroxyl groups is 4. The lowest BCUT2D eigenvalue weighted by atomic mass is 9.98. The van der Waals surface area contributed by atoms with Crippen molar-refractivity contribution in [3.05, 3.63) is 23.3 Å². The summed E-state index contributed by atoms with van der Waals surface area (Å²) in [4.78, 5) is 0. The van der Waals surface area contributed by atoms with Crippen molar-refractivity contribution in [2.45, 2.75) is 57.4 Å². The molecule has 1 aliphatic heterocycles. The van der Waals surface area contributed by atoms with Crippen LogP contribution in [0.2, 0.25) is 0 Å². The molecular formula is C16H24O7. The molecule has 130 valence electrons. The summed E-state index contributed by atoms with van der Waals surface area (Å²) in [6.45, 7) is 5.05. The highest BCUT2D eigenvalue weighted by atomic mass is 16.7. The molecule has 0 unspecified atom stereocenters. The highest BCUT2D eigenvalue weighted by molar-refractivity contribution is 5.46. The summed E-state index contributed by atoms with van der Waals surface area (Å²) < 4.78 is 11.0. The van der Waals surface area contributed by atoms with E-state index in [9.17, 15) is 25.5 Å². The minimum atomic E-state index is -1.49. The van der Waals surface area contributed by atoms with Crippen LogP contribution in [0.1, 0.15) is 30.9 Å². The number of phenolic OH excluding ortho intramolecular Hbond substituents is 1. The van der Waals surface area contributed by atoms with Gasteiger partial charge in [0, 0.05) is 5.56 Å². The van der Waals surface area contributed by atoms with Crippen LogP contribution in [0.5, 0.6) is 11.5 Å². The maximum atomic E-state index is 10.0. The van der Waals surface area contributed by atoms with Crippen LogP contribution in [-0.4, -0.2) is 62.8 Å². The lowest BCUT2D eigenvalue weighted by Gasteiger charge is -2.39. The van der Waals surface area contributed by atoms with E-state index in [0.29, 0.717) is 16.9 Å². The summed E-state index contributed by atoms with van der Waals surface area (Å²) in [6, 6.07) is 3.20. The fraction of sp³-hybridized carbons (Fsp3) is 0.625. The van der Waals surface area contributed by atoms with Crippen LogP contribution in [0.25, 0.3) is 0 Å². The molecule has 0 radical (unpaired) electrons. The third-order valence-corrected chi connectivity index (χ3v) is 4.04. The number of aryl methyl sites for hydroxylation is 1. The van der Waals surface area contributed by atoms with E-state index in [0.717, 1.165) is 0 Å². The first kappa shape index (κ1) is 18.0. The Morgan fingerprint density at radius 1 is 1.13 bits per heavy atom. The first-order chi connectivity index (χ1) is 10.8. The Labute approximate surface area is 134 Å².